The quantitative estimate of drug-likeness (QED) is 0.559. The monoisotopic (exact) mass is 371 g/mol. The minimum Gasteiger partial charge on any atom is -0.427 e. The van der Waals surface area contributed by atoms with E-state index in [1.165, 1.54) is 38.1 Å². The van der Waals surface area contributed by atoms with Crippen molar-refractivity contribution in [1.82, 2.24) is 4.40 Å². The van der Waals surface area contributed by atoms with E-state index in [-0.39, 0.29) is 0 Å². The lowest BCUT2D eigenvalue weighted by Crippen LogP contribution is -2.49. The number of rotatable bonds is 4. The molecule has 1 aliphatic rings. The number of hydrogen-bond donors (Lipinski definition) is 1. The highest BCUT2D eigenvalue weighted by molar-refractivity contribution is 6.47. The molecule has 2 aromatic carbocycles. The van der Waals surface area contributed by atoms with Crippen LogP contribution < -0.4 is 10.7 Å². The zero-order chi connectivity index (χ0) is 19.7. The molecule has 5 rings (SSSR count). The van der Waals surface area contributed by atoms with Gasteiger partial charge in [-0.05, 0) is 58.2 Å². The van der Waals surface area contributed by atoms with Crippen LogP contribution in [-0.2, 0) is 11.1 Å². The first kappa shape index (κ1) is 17.8. The molecule has 0 radical (unpaired) electrons. The van der Waals surface area contributed by atoms with Gasteiger partial charge in [0.05, 0.1) is 27.8 Å². The van der Waals surface area contributed by atoms with Crippen LogP contribution in [0.15, 0.2) is 42.5 Å². The van der Waals surface area contributed by atoms with E-state index in [4.69, 9.17) is 4.65 Å². The average Bonchev–Trinajstić information content (AvgIpc) is 3.17. The standard InChI is InChI=1S/C24H26BNO2/c1-23(2,27)24(3,4)28-25-15-12-13-21-19(14-15)18-10-7-9-17-16-8-5-6-11-20(16)26(21)22(17)18/h5-6,8-9,11-14,25,27H,7,10H2,1-4H3. The summed E-state index contributed by atoms with van der Waals surface area (Å²) in [6, 6.07) is 15.4. The first-order chi connectivity index (χ1) is 13.3. The van der Waals surface area contributed by atoms with Gasteiger partial charge in [0, 0.05) is 16.0 Å². The lowest BCUT2D eigenvalue weighted by Gasteiger charge is -2.37. The number of benzene rings is 2. The summed E-state index contributed by atoms with van der Waals surface area (Å²) in [6.45, 7) is 7.47. The zero-order valence-corrected chi connectivity index (χ0v) is 17.0. The van der Waals surface area contributed by atoms with Crippen LogP contribution in [0.25, 0.3) is 33.4 Å². The Labute approximate surface area is 165 Å². The predicted octanol–water partition coefficient (Wildman–Crippen LogP) is 3.23. The highest BCUT2D eigenvalue weighted by Gasteiger charge is 2.35. The maximum atomic E-state index is 10.4. The van der Waals surface area contributed by atoms with Crippen LogP contribution in [0.2, 0.25) is 0 Å². The van der Waals surface area contributed by atoms with Gasteiger partial charge in [-0.2, -0.15) is 0 Å². The van der Waals surface area contributed by atoms with Gasteiger partial charge < -0.3 is 14.2 Å². The molecule has 0 unspecified atom stereocenters. The van der Waals surface area contributed by atoms with Gasteiger partial charge in [-0.3, -0.25) is 0 Å². The molecule has 3 nitrogen and oxygen atoms in total. The molecule has 4 aromatic rings. The second-order valence-corrected chi connectivity index (χ2v) is 9.05. The SMILES string of the molecule is CC(C)(O)C(C)(C)OBc1ccc2c(c1)c1c3c(c4ccccc4n32)=CCC1. The Balaban J connectivity index is 1.65. The van der Waals surface area contributed by atoms with E-state index in [1.807, 2.05) is 13.8 Å². The number of hydrogen-bond acceptors (Lipinski definition) is 2. The van der Waals surface area contributed by atoms with Crippen LogP contribution in [0.1, 0.15) is 39.7 Å². The van der Waals surface area contributed by atoms with E-state index in [1.54, 1.807) is 13.8 Å². The maximum Gasteiger partial charge on any atom is 0.309 e. The van der Waals surface area contributed by atoms with Crippen molar-refractivity contribution >= 4 is 46.3 Å². The summed E-state index contributed by atoms with van der Waals surface area (Å²) in [6.07, 6.45) is 4.55. The largest absolute Gasteiger partial charge is 0.427 e. The first-order valence-electron chi connectivity index (χ1n) is 10.1. The third-order valence-corrected chi connectivity index (χ3v) is 6.64. The van der Waals surface area contributed by atoms with E-state index in [9.17, 15) is 5.11 Å². The van der Waals surface area contributed by atoms with E-state index in [0.717, 1.165) is 18.3 Å². The molecule has 0 saturated heterocycles. The molecular weight excluding hydrogens is 345 g/mol. The molecule has 1 N–H and O–H groups in total. The number of aliphatic hydroxyl groups is 1. The third-order valence-electron chi connectivity index (χ3n) is 6.64. The fourth-order valence-corrected chi connectivity index (χ4v) is 4.31. The molecule has 0 aliphatic heterocycles. The van der Waals surface area contributed by atoms with Gasteiger partial charge >= 0.3 is 7.48 Å². The first-order valence-corrected chi connectivity index (χ1v) is 10.1. The molecule has 0 atom stereocenters. The minimum atomic E-state index is -0.899. The van der Waals surface area contributed by atoms with E-state index in [0.29, 0.717) is 7.48 Å². The number of nitrogens with zero attached hydrogens (tertiary/aromatic N) is 1. The summed E-state index contributed by atoms with van der Waals surface area (Å²) in [4.78, 5) is 0. The Bertz CT molecular complexity index is 1280. The van der Waals surface area contributed by atoms with Crippen molar-refractivity contribution < 1.29 is 9.76 Å². The Kier molecular flexibility index (Phi) is 3.72. The van der Waals surface area contributed by atoms with Crippen LogP contribution in [0.3, 0.4) is 0 Å². The van der Waals surface area contributed by atoms with E-state index in [2.05, 4.69) is 52.9 Å². The molecule has 0 spiro atoms. The number of para-hydroxylation sites is 1. The van der Waals surface area contributed by atoms with Gasteiger partial charge in [0.15, 0.2) is 0 Å². The highest BCUT2D eigenvalue weighted by Crippen LogP contribution is 2.32. The molecule has 2 heterocycles. The zero-order valence-electron chi connectivity index (χ0n) is 17.0. The molecular formula is C24H26BNO2. The van der Waals surface area contributed by atoms with E-state index < -0.39 is 11.2 Å². The minimum absolute atomic E-state index is 0.492. The van der Waals surface area contributed by atoms with Crippen molar-refractivity contribution in [2.75, 3.05) is 0 Å². The lowest BCUT2D eigenvalue weighted by molar-refractivity contribution is -0.0893. The van der Waals surface area contributed by atoms with Crippen molar-refractivity contribution in [3.63, 3.8) is 0 Å². The topological polar surface area (TPSA) is 33.9 Å². The predicted molar refractivity (Wildman–Crippen MR) is 119 cm³/mol. The molecule has 0 bridgehead atoms. The molecule has 0 amide bonds. The van der Waals surface area contributed by atoms with Crippen LogP contribution >= 0.6 is 0 Å². The number of fused-ring (bicyclic) bond motifs is 6. The van der Waals surface area contributed by atoms with Crippen LogP contribution in [0.5, 0.6) is 0 Å². The van der Waals surface area contributed by atoms with Crippen molar-refractivity contribution in [2.24, 2.45) is 0 Å². The van der Waals surface area contributed by atoms with Crippen LogP contribution in [-0.4, -0.2) is 28.2 Å². The second-order valence-electron chi connectivity index (χ2n) is 9.05. The van der Waals surface area contributed by atoms with Gasteiger partial charge in [0.2, 0.25) is 0 Å². The van der Waals surface area contributed by atoms with Crippen molar-refractivity contribution in [3.8, 4) is 0 Å². The van der Waals surface area contributed by atoms with Gasteiger partial charge in [-0.1, -0.05) is 41.9 Å². The van der Waals surface area contributed by atoms with Crippen LogP contribution in [0.4, 0.5) is 0 Å². The molecule has 1 aliphatic carbocycles. The Hall–Kier alpha value is -2.30. The van der Waals surface area contributed by atoms with Gasteiger partial charge in [0.1, 0.15) is 0 Å². The van der Waals surface area contributed by atoms with Gasteiger partial charge in [0.25, 0.3) is 0 Å². The van der Waals surface area contributed by atoms with Crippen molar-refractivity contribution in [1.29, 1.82) is 0 Å². The average molecular weight is 371 g/mol. The molecule has 28 heavy (non-hydrogen) atoms. The second kappa shape index (κ2) is 5.85. The fraction of sp³-hybridized carbons (Fsp3) is 0.333. The van der Waals surface area contributed by atoms with Gasteiger partial charge in [-0.15, -0.1) is 0 Å². The number of aryl methyl sites for hydroxylation is 1. The smallest absolute Gasteiger partial charge is 0.309 e. The van der Waals surface area contributed by atoms with Crippen molar-refractivity contribution in [3.05, 3.63) is 53.2 Å². The summed E-state index contributed by atoms with van der Waals surface area (Å²) < 4.78 is 8.53. The molecule has 0 fully saturated rings. The Morgan fingerprint density at radius 2 is 1.75 bits per heavy atom. The summed E-state index contributed by atoms with van der Waals surface area (Å²) in [5.41, 5.74) is 5.01. The Morgan fingerprint density at radius 3 is 2.54 bits per heavy atom. The Morgan fingerprint density at radius 1 is 1.00 bits per heavy atom. The maximum absolute atomic E-state index is 10.4. The van der Waals surface area contributed by atoms with E-state index >= 15 is 0 Å². The summed E-state index contributed by atoms with van der Waals surface area (Å²) >= 11 is 0. The normalized spacial score (nSPS) is 14.8. The number of aromatic nitrogens is 1. The molecule has 142 valence electrons. The highest BCUT2D eigenvalue weighted by atomic mass is 16.5. The van der Waals surface area contributed by atoms with Crippen LogP contribution in [0, 0.1) is 0 Å². The van der Waals surface area contributed by atoms with Crippen molar-refractivity contribution in [2.45, 2.75) is 51.7 Å². The molecule has 0 saturated carbocycles. The van der Waals surface area contributed by atoms with Gasteiger partial charge in [-0.25, -0.2) is 0 Å². The summed E-state index contributed by atoms with van der Waals surface area (Å²) in [5, 5.41) is 14.4. The molecule has 4 heteroatoms. The fourth-order valence-electron chi connectivity index (χ4n) is 4.31. The molecule has 2 aromatic heterocycles. The third kappa shape index (κ3) is 2.44. The lowest BCUT2D eigenvalue weighted by atomic mass is 9.82. The summed E-state index contributed by atoms with van der Waals surface area (Å²) in [5.74, 6) is 0. The summed E-state index contributed by atoms with van der Waals surface area (Å²) in [7, 11) is 0.492.